The summed E-state index contributed by atoms with van der Waals surface area (Å²) in [7, 11) is 0. The van der Waals surface area contributed by atoms with Crippen LogP contribution in [-0.2, 0) is 11.3 Å². The van der Waals surface area contributed by atoms with Gasteiger partial charge in [0.15, 0.2) is 0 Å². The summed E-state index contributed by atoms with van der Waals surface area (Å²) in [5.74, 6) is -0.213. The molecule has 0 radical (unpaired) electrons. The van der Waals surface area contributed by atoms with E-state index in [2.05, 4.69) is 21.2 Å². The van der Waals surface area contributed by atoms with Gasteiger partial charge >= 0.3 is 0 Å². The van der Waals surface area contributed by atoms with Crippen molar-refractivity contribution in [1.29, 1.82) is 0 Å². The highest BCUT2D eigenvalue weighted by Gasteiger charge is 2.12. The maximum atomic E-state index is 13.0. The summed E-state index contributed by atoms with van der Waals surface area (Å²) in [5.41, 5.74) is 1.10. The molecule has 0 amide bonds. The monoisotopic (exact) mass is 287 g/mol. The van der Waals surface area contributed by atoms with Crippen molar-refractivity contribution in [2.24, 2.45) is 0 Å². The number of hydrogen-bond donors (Lipinski definition) is 1. The lowest BCUT2D eigenvalue weighted by molar-refractivity contribution is 0.0776. The Morgan fingerprint density at radius 1 is 1.38 bits per heavy atom. The van der Waals surface area contributed by atoms with Crippen LogP contribution in [0.4, 0.5) is 4.39 Å². The lowest BCUT2D eigenvalue weighted by Crippen LogP contribution is -2.34. The van der Waals surface area contributed by atoms with E-state index in [1.54, 1.807) is 0 Å². The first kappa shape index (κ1) is 12.0. The molecule has 0 bridgehead atoms. The molecule has 4 heteroatoms. The quantitative estimate of drug-likeness (QED) is 0.923. The molecule has 2 nitrogen and oxygen atoms in total. The maximum Gasteiger partial charge on any atom is 0.137 e. The minimum absolute atomic E-state index is 0.213. The molecule has 16 heavy (non-hydrogen) atoms. The van der Waals surface area contributed by atoms with E-state index in [9.17, 15) is 4.39 Å². The van der Waals surface area contributed by atoms with Crippen LogP contribution in [0.3, 0.4) is 0 Å². The highest BCUT2D eigenvalue weighted by molar-refractivity contribution is 9.10. The van der Waals surface area contributed by atoms with Crippen LogP contribution in [0.1, 0.15) is 18.4 Å². The second kappa shape index (κ2) is 5.75. The Kier molecular flexibility index (Phi) is 4.32. The molecule has 1 aromatic carbocycles. The van der Waals surface area contributed by atoms with Crippen LogP contribution < -0.4 is 5.32 Å². The average Bonchev–Trinajstić information content (AvgIpc) is 2.32. The summed E-state index contributed by atoms with van der Waals surface area (Å²) in [6.45, 7) is 2.46. The first-order chi connectivity index (χ1) is 7.75. The highest BCUT2D eigenvalue weighted by Crippen LogP contribution is 2.17. The van der Waals surface area contributed by atoms with Gasteiger partial charge in [0, 0.05) is 25.8 Å². The number of rotatable bonds is 3. The molecule has 88 valence electrons. The minimum atomic E-state index is -0.213. The topological polar surface area (TPSA) is 21.3 Å². The highest BCUT2D eigenvalue weighted by atomic mass is 79.9. The molecule has 2 rings (SSSR count). The second-order valence-electron chi connectivity index (χ2n) is 4.02. The first-order valence-electron chi connectivity index (χ1n) is 5.51. The van der Waals surface area contributed by atoms with Gasteiger partial charge in [0.05, 0.1) is 4.47 Å². The third-order valence-corrected chi connectivity index (χ3v) is 3.41. The molecule has 0 unspecified atom stereocenters. The Labute approximate surface area is 103 Å². The van der Waals surface area contributed by atoms with Crippen molar-refractivity contribution in [2.75, 3.05) is 13.2 Å². The number of halogens is 2. The molecule has 0 saturated carbocycles. The molecular weight excluding hydrogens is 273 g/mol. The van der Waals surface area contributed by atoms with E-state index in [0.29, 0.717) is 10.5 Å². The zero-order chi connectivity index (χ0) is 11.4. The summed E-state index contributed by atoms with van der Waals surface area (Å²) >= 11 is 3.19. The largest absolute Gasteiger partial charge is 0.381 e. The molecular formula is C12H15BrFNO. The Morgan fingerprint density at radius 3 is 2.81 bits per heavy atom. The van der Waals surface area contributed by atoms with Gasteiger partial charge in [-0.05, 0) is 46.5 Å². The smallest absolute Gasteiger partial charge is 0.137 e. The van der Waals surface area contributed by atoms with E-state index in [1.165, 1.54) is 6.07 Å². The van der Waals surface area contributed by atoms with Gasteiger partial charge in [0.25, 0.3) is 0 Å². The van der Waals surface area contributed by atoms with Crippen molar-refractivity contribution in [2.45, 2.75) is 25.4 Å². The van der Waals surface area contributed by atoms with Crippen LogP contribution in [0, 0.1) is 5.82 Å². The predicted molar refractivity (Wildman–Crippen MR) is 64.8 cm³/mol. The molecule has 0 aliphatic carbocycles. The number of ether oxygens (including phenoxy) is 1. The fourth-order valence-corrected chi connectivity index (χ4v) is 2.24. The van der Waals surface area contributed by atoms with E-state index in [1.807, 2.05) is 12.1 Å². The summed E-state index contributed by atoms with van der Waals surface area (Å²) in [6, 6.07) is 5.65. The molecule has 1 aliphatic heterocycles. The normalized spacial score (nSPS) is 17.6. The summed E-state index contributed by atoms with van der Waals surface area (Å²) in [5, 5.41) is 3.46. The van der Waals surface area contributed by atoms with Crippen LogP contribution in [-0.4, -0.2) is 19.3 Å². The van der Waals surface area contributed by atoms with Gasteiger partial charge in [0.1, 0.15) is 5.82 Å². The number of benzene rings is 1. The first-order valence-corrected chi connectivity index (χ1v) is 6.30. The van der Waals surface area contributed by atoms with Gasteiger partial charge < -0.3 is 10.1 Å². The van der Waals surface area contributed by atoms with Crippen LogP contribution in [0.5, 0.6) is 0 Å². The molecule has 1 aromatic rings. The van der Waals surface area contributed by atoms with Gasteiger partial charge in [-0.2, -0.15) is 0 Å². The average molecular weight is 288 g/mol. The lowest BCUT2D eigenvalue weighted by Gasteiger charge is -2.23. The Balaban J connectivity index is 1.86. The van der Waals surface area contributed by atoms with Gasteiger partial charge in [-0.1, -0.05) is 6.07 Å². The zero-order valence-corrected chi connectivity index (χ0v) is 10.6. The Morgan fingerprint density at radius 2 is 2.12 bits per heavy atom. The molecule has 1 aliphatic rings. The SMILES string of the molecule is Fc1ccc(CNC2CCOCC2)cc1Br. The number of hydrogen-bond acceptors (Lipinski definition) is 2. The zero-order valence-electron chi connectivity index (χ0n) is 9.01. The lowest BCUT2D eigenvalue weighted by atomic mass is 10.1. The van der Waals surface area contributed by atoms with Crippen LogP contribution >= 0.6 is 15.9 Å². The molecule has 0 spiro atoms. The van der Waals surface area contributed by atoms with Crippen molar-refractivity contribution < 1.29 is 9.13 Å². The van der Waals surface area contributed by atoms with E-state index in [-0.39, 0.29) is 5.82 Å². The third-order valence-electron chi connectivity index (χ3n) is 2.80. The van der Waals surface area contributed by atoms with E-state index >= 15 is 0 Å². The second-order valence-corrected chi connectivity index (χ2v) is 4.87. The van der Waals surface area contributed by atoms with Crippen molar-refractivity contribution in [3.63, 3.8) is 0 Å². The van der Waals surface area contributed by atoms with Gasteiger partial charge in [0.2, 0.25) is 0 Å². The Hall–Kier alpha value is -0.450. The van der Waals surface area contributed by atoms with Gasteiger partial charge in [-0.25, -0.2) is 4.39 Å². The molecule has 0 aromatic heterocycles. The van der Waals surface area contributed by atoms with Crippen LogP contribution in [0.2, 0.25) is 0 Å². The molecule has 0 atom stereocenters. The standard InChI is InChI=1S/C12H15BrFNO/c13-11-7-9(1-2-12(11)14)8-15-10-3-5-16-6-4-10/h1-2,7,10,15H,3-6,8H2. The van der Waals surface area contributed by atoms with Crippen LogP contribution in [0.25, 0.3) is 0 Å². The third kappa shape index (κ3) is 3.27. The minimum Gasteiger partial charge on any atom is -0.381 e. The number of nitrogens with one attached hydrogen (secondary N) is 1. The van der Waals surface area contributed by atoms with Gasteiger partial charge in [-0.15, -0.1) is 0 Å². The summed E-state index contributed by atoms with van der Waals surface area (Å²) in [4.78, 5) is 0. The predicted octanol–water partition coefficient (Wildman–Crippen LogP) is 2.86. The van der Waals surface area contributed by atoms with Crippen molar-refractivity contribution in [3.8, 4) is 0 Å². The van der Waals surface area contributed by atoms with E-state index < -0.39 is 0 Å². The fraction of sp³-hybridized carbons (Fsp3) is 0.500. The van der Waals surface area contributed by atoms with Crippen molar-refractivity contribution in [1.82, 2.24) is 5.32 Å². The van der Waals surface area contributed by atoms with Crippen molar-refractivity contribution in [3.05, 3.63) is 34.1 Å². The maximum absolute atomic E-state index is 13.0. The molecule has 1 heterocycles. The van der Waals surface area contributed by atoms with E-state index in [0.717, 1.165) is 38.2 Å². The summed E-state index contributed by atoms with van der Waals surface area (Å²) < 4.78 is 18.8. The van der Waals surface area contributed by atoms with E-state index in [4.69, 9.17) is 4.74 Å². The Bertz CT molecular complexity index is 353. The molecule has 1 fully saturated rings. The van der Waals surface area contributed by atoms with Crippen LogP contribution in [0.15, 0.2) is 22.7 Å². The van der Waals surface area contributed by atoms with Gasteiger partial charge in [-0.3, -0.25) is 0 Å². The summed E-state index contributed by atoms with van der Waals surface area (Å²) in [6.07, 6.45) is 2.12. The molecule has 1 saturated heterocycles. The fourth-order valence-electron chi connectivity index (χ4n) is 1.81. The van der Waals surface area contributed by atoms with Crippen molar-refractivity contribution >= 4 is 15.9 Å². The molecule has 1 N–H and O–H groups in total.